The van der Waals surface area contributed by atoms with Gasteiger partial charge in [0, 0.05) is 6.04 Å². The summed E-state index contributed by atoms with van der Waals surface area (Å²) in [5, 5.41) is 10.0. The van der Waals surface area contributed by atoms with Gasteiger partial charge in [-0.2, -0.15) is 26.3 Å². The molecule has 0 rings (SSSR count). The van der Waals surface area contributed by atoms with E-state index < -0.39 is 48.5 Å². The van der Waals surface area contributed by atoms with E-state index in [2.05, 4.69) is 0 Å². The second-order valence-electron chi connectivity index (χ2n) is 4.47. The zero-order chi connectivity index (χ0) is 16.3. The van der Waals surface area contributed by atoms with Gasteiger partial charge >= 0.3 is 18.3 Å². The minimum Gasteiger partial charge on any atom is -0.481 e. The average molecular weight is 309 g/mol. The number of nitrogens with one attached hydrogen (secondary N) is 1. The average Bonchev–Trinajstić information content (AvgIpc) is 2.09. The lowest BCUT2D eigenvalue weighted by molar-refractivity contribution is -0.274. The van der Waals surface area contributed by atoms with Gasteiger partial charge in [-0.15, -0.1) is 0 Å². The fraction of sp³-hybridized carbons (Fsp3) is 0.800. The Morgan fingerprint density at radius 1 is 1.05 bits per heavy atom. The third-order valence-corrected chi connectivity index (χ3v) is 2.44. The molecule has 0 fully saturated rings. The number of rotatable bonds is 5. The number of alkyl halides is 6. The number of carbonyl (C=O) groups excluding carboxylic acids is 1. The highest BCUT2D eigenvalue weighted by atomic mass is 19.4. The van der Waals surface area contributed by atoms with Crippen LogP contribution in [-0.4, -0.2) is 35.4 Å². The Morgan fingerprint density at radius 2 is 1.45 bits per heavy atom. The minimum atomic E-state index is -5.80. The molecular formula is C10H13F6NO3. The SMILES string of the molecule is CC(C)C(CC(=O)O)NC(=O)C(C(F)(F)F)C(F)(F)F. The van der Waals surface area contributed by atoms with Crippen LogP contribution in [0.15, 0.2) is 0 Å². The molecule has 0 radical (unpaired) electrons. The van der Waals surface area contributed by atoms with E-state index in [0.29, 0.717) is 0 Å². The monoisotopic (exact) mass is 309 g/mol. The summed E-state index contributed by atoms with van der Waals surface area (Å²) in [5.74, 6) is -8.56. The van der Waals surface area contributed by atoms with Crippen LogP contribution in [0.4, 0.5) is 26.3 Å². The van der Waals surface area contributed by atoms with Crippen LogP contribution in [0.25, 0.3) is 0 Å². The van der Waals surface area contributed by atoms with Crippen LogP contribution in [0.1, 0.15) is 20.3 Å². The number of aliphatic carboxylic acids is 1. The van der Waals surface area contributed by atoms with Crippen LogP contribution >= 0.6 is 0 Å². The molecule has 20 heavy (non-hydrogen) atoms. The first-order valence-corrected chi connectivity index (χ1v) is 5.42. The third-order valence-electron chi connectivity index (χ3n) is 2.44. The summed E-state index contributed by atoms with van der Waals surface area (Å²) in [6, 6.07) is -1.33. The van der Waals surface area contributed by atoms with Gasteiger partial charge in [-0.25, -0.2) is 0 Å². The standard InChI is InChI=1S/C10H13F6NO3/c1-4(2)5(3-6(18)19)17-8(20)7(9(11,12)13)10(14,15)16/h4-5,7H,3H2,1-2H3,(H,17,20)(H,18,19). The molecule has 2 N–H and O–H groups in total. The maximum atomic E-state index is 12.3. The predicted molar refractivity (Wildman–Crippen MR) is 54.6 cm³/mol. The van der Waals surface area contributed by atoms with Crippen LogP contribution in [0.2, 0.25) is 0 Å². The Labute approximate surface area is 110 Å². The number of carbonyl (C=O) groups is 2. The number of hydrogen-bond acceptors (Lipinski definition) is 2. The molecule has 0 aromatic heterocycles. The van der Waals surface area contributed by atoms with Gasteiger partial charge in [0.15, 0.2) is 0 Å². The van der Waals surface area contributed by atoms with Gasteiger partial charge in [0.25, 0.3) is 0 Å². The van der Waals surface area contributed by atoms with E-state index in [4.69, 9.17) is 5.11 Å². The topological polar surface area (TPSA) is 66.4 Å². The molecule has 0 spiro atoms. The second kappa shape index (κ2) is 6.31. The Balaban J connectivity index is 5.14. The highest BCUT2D eigenvalue weighted by molar-refractivity contribution is 5.81. The van der Waals surface area contributed by atoms with Crippen molar-refractivity contribution < 1.29 is 41.0 Å². The van der Waals surface area contributed by atoms with Crippen molar-refractivity contribution >= 4 is 11.9 Å². The largest absolute Gasteiger partial charge is 0.481 e. The summed E-state index contributed by atoms with van der Waals surface area (Å²) in [4.78, 5) is 21.7. The lowest BCUT2D eigenvalue weighted by Gasteiger charge is -2.26. The molecule has 1 unspecified atom stereocenters. The molecule has 0 aliphatic carbocycles. The summed E-state index contributed by atoms with van der Waals surface area (Å²) in [6.07, 6.45) is -12.4. The van der Waals surface area contributed by atoms with E-state index in [9.17, 15) is 35.9 Å². The highest BCUT2D eigenvalue weighted by Crippen LogP contribution is 2.39. The van der Waals surface area contributed by atoms with Gasteiger partial charge < -0.3 is 10.4 Å². The first-order chi connectivity index (χ1) is 8.76. The number of hydrogen-bond donors (Lipinski definition) is 2. The molecule has 0 saturated carbocycles. The van der Waals surface area contributed by atoms with Crippen molar-refractivity contribution in [2.24, 2.45) is 11.8 Å². The van der Waals surface area contributed by atoms with Crippen LogP contribution in [0.5, 0.6) is 0 Å². The lowest BCUT2D eigenvalue weighted by Crippen LogP contribution is -2.52. The van der Waals surface area contributed by atoms with Gasteiger partial charge in [-0.1, -0.05) is 13.8 Å². The van der Waals surface area contributed by atoms with Crippen molar-refractivity contribution in [3.63, 3.8) is 0 Å². The van der Waals surface area contributed by atoms with Gasteiger partial charge in [-0.3, -0.25) is 9.59 Å². The number of carboxylic acid groups (broad SMARTS) is 1. The summed E-state index contributed by atoms with van der Waals surface area (Å²) in [7, 11) is 0. The first-order valence-electron chi connectivity index (χ1n) is 5.42. The van der Waals surface area contributed by atoms with Crippen molar-refractivity contribution in [2.45, 2.75) is 38.7 Å². The van der Waals surface area contributed by atoms with E-state index >= 15 is 0 Å². The van der Waals surface area contributed by atoms with Gasteiger partial charge in [0.2, 0.25) is 11.8 Å². The minimum absolute atomic E-state index is 0.642. The first kappa shape index (κ1) is 18.5. The Bertz CT molecular complexity index is 349. The maximum Gasteiger partial charge on any atom is 0.409 e. The second-order valence-corrected chi connectivity index (χ2v) is 4.47. The number of carboxylic acids is 1. The van der Waals surface area contributed by atoms with E-state index in [1.54, 1.807) is 0 Å². The van der Waals surface area contributed by atoms with Crippen molar-refractivity contribution in [3.05, 3.63) is 0 Å². The predicted octanol–water partition coefficient (Wildman–Crippen LogP) is 2.34. The van der Waals surface area contributed by atoms with Crippen LogP contribution in [0, 0.1) is 11.8 Å². The van der Waals surface area contributed by atoms with Crippen molar-refractivity contribution in [3.8, 4) is 0 Å². The zero-order valence-electron chi connectivity index (χ0n) is 10.5. The molecule has 0 heterocycles. The summed E-state index contributed by atoms with van der Waals surface area (Å²) in [6.45, 7) is 2.73. The molecule has 0 saturated heterocycles. The maximum absolute atomic E-state index is 12.3. The van der Waals surface area contributed by atoms with E-state index in [-0.39, 0.29) is 0 Å². The Kier molecular flexibility index (Phi) is 5.85. The number of halogens is 6. The lowest BCUT2D eigenvalue weighted by atomic mass is 9.99. The summed E-state index contributed by atoms with van der Waals surface area (Å²) >= 11 is 0. The van der Waals surface area contributed by atoms with Crippen LogP contribution in [0.3, 0.4) is 0 Å². The Hall–Kier alpha value is -1.48. The van der Waals surface area contributed by atoms with Crippen LogP contribution < -0.4 is 5.32 Å². The normalized spacial score (nSPS) is 14.5. The van der Waals surface area contributed by atoms with Crippen molar-refractivity contribution in [2.75, 3.05) is 0 Å². The van der Waals surface area contributed by atoms with Gasteiger partial charge in [-0.05, 0) is 5.92 Å². The van der Waals surface area contributed by atoms with E-state index in [0.717, 1.165) is 0 Å². The fourth-order valence-corrected chi connectivity index (χ4v) is 1.39. The third kappa shape index (κ3) is 5.66. The molecule has 0 aliphatic heterocycles. The molecule has 0 aromatic carbocycles. The number of amides is 1. The molecule has 1 amide bonds. The molecule has 10 heteroatoms. The van der Waals surface area contributed by atoms with Crippen molar-refractivity contribution in [1.82, 2.24) is 5.32 Å². The van der Waals surface area contributed by atoms with Gasteiger partial charge in [0.05, 0.1) is 6.42 Å². The van der Waals surface area contributed by atoms with Gasteiger partial charge in [0.1, 0.15) is 0 Å². The summed E-state index contributed by atoms with van der Waals surface area (Å²) in [5.41, 5.74) is 0. The molecule has 0 bridgehead atoms. The summed E-state index contributed by atoms with van der Waals surface area (Å²) < 4.78 is 73.7. The molecule has 1 atom stereocenters. The quantitative estimate of drug-likeness (QED) is 0.766. The molecule has 0 aliphatic rings. The van der Waals surface area contributed by atoms with Crippen molar-refractivity contribution in [1.29, 1.82) is 0 Å². The zero-order valence-corrected chi connectivity index (χ0v) is 10.5. The highest BCUT2D eigenvalue weighted by Gasteiger charge is 2.61. The molecular weight excluding hydrogens is 296 g/mol. The Morgan fingerprint density at radius 3 is 1.70 bits per heavy atom. The smallest absolute Gasteiger partial charge is 0.409 e. The van der Waals surface area contributed by atoms with Crippen LogP contribution in [-0.2, 0) is 9.59 Å². The fourth-order valence-electron chi connectivity index (χ4n) is 1.39. The van der Waals surface area contributed by atoms with E-state index in [1.807, 2.05) is 0 Å². The molecule has 4 nitrogen and oxygen atoms in total. The molecule has 0 aromatic rings. The van der Waals surface area contributed by atoms with E-state index in [1.165, 1.54) is 19.2 Å². The molecule has 118 valence electrons.